The summed E-state index contributed by atoms with van der Waals surface area (Å²) in [5, 5.41) is 10.2. The molecule has 33 heavy (non-hydrogen) atoms. The van der Waals surface area contributed by atoms with Gasteiger partial charge < -0.3 is 10.0 Å². The average Bonchev–Trinajstić information content (AvgIpc) is 3.44. The van der Waals surface area contributed by atoms with Crippen LogP contribution in [0.15, 0.2) is 61.2 Å². The highest BCUT2D eigenvalue weighted by molar-refractivity contribution is 5.94. The normalized spacial score (nSPS) is 24.5. The van der Waals surface area contributed by atoms with Crippen molar-refractivity contribution in [1.29, 1.82) is 0 Å². The van der Waals surface area contributed by atoms with E-state index in [1.54, 1.807) is 6.07 Å². The summed E-state index contributed by atoms with van der Waals surface area (Å²) < 4.78 is 0. The number of phenols is 1. The number of benzene rings is 2. The highest BCUT2D eigenvalue weighted by Gasteiger charge is 2.38. The molecular formula is C28H35N3O2. The van der Waals surface area contributed by atoms with Gasteiger partial charge in [0.1, 0.15) is 5.75 Å². The Morgan fingerprint density at radius 2 is 1.76 bits per heavy atom. The van der Waals surface area contributed by atoms with E-state index >= 15 is 0 Å². The van der Waals surface area contributed by atoms with Crippen molar-refractivity contribution in [3.8, 4) is 5.75 Å². The Balaban J connectivity index is 1.44. The van der Waals surface area contributed by atoms with Crippen LogP contribution in [0.5, 0.6) is 5.75 Å². The zero-order valence-electron chi connectivity index (χ0n) is 19.4. The predicted molar refractivity (Wildman–Crippen MR) is 131 cm³/mol. The Bertz CT molecular complexity index is 983. The van der Waals surface area contributed by atoms with Gasteiger partial charge in [-0.15, -0.1) is 6.58 Å². The van der Waals surface area contributed by atoms with Crippen LogP contribution in [0, 0.1) is 0 Å². The van der Waals surface area contributed by atoms with Crippen LogP contribution in [0.25, 0.3) is 0 Å². The van der Waals surface area contributed by atoms with E-state index in [-0.39, 0.29) is 11.9 Å². The molecule has 3 heterocycles. The highest BCUT2D eigenvalue weighted by Crippen LogP contribution is 2.37. The number of nitrogens with zero attached hydrogens (tertiary/aromatic N) is 3. The molecule has 3 fully saturated rings. The van der Waals surface area contributed by atoms with Gasteiger partial charge in [0.05, 0.1) is 6.04 Å². The fourth-order valence-electron chi connectivity index (χ4n) is 6.10. The smallest absolute Gasteiger partial charge is 0.253 e. The van der Waals surface area contributed by atoms with Crippen LogP contribution in [0.2, 0.25) is 0 Å². The van der Waals surface area contributed by atoms with Crippen molar-refractivity contribution in [3.63, 3.8) is 0 Å². The van der Waals surface area contributed by atoms with Gasteiger partial charge in [-0.05, 0) is 67.5 Å². The molecule has 2 aromatic rings. The zero-order chi connectivity index (χ0) is 22.8. The molecule has 0 saturated carbocycles. The molecule has 0 aromatic heterocycles. The summed E-state index contributed by atoms with van der Waals surface area (Å²) in [5.74, 6) is 0.433. The number of hydrogen-bond acceptors (Lipinski definition) is 4. The highest BCUT2D eigenvalue weighted by atomic mass is 16.3. The van der Waals surface area contributed by atoms with E-state index in [2.05, 4.69) is 34.6 Å². The standard InChI is InChI=1S/C28H35N3O2/c1-2-15-31-24-12-13-25(31)20-30(18-14-24)27(23-6-5-7-26(32)19-23)21-8-10-22(11-9-21)28(33)29-16-3-4-17-29/h2,5-11,19,24-25,27,32H,1,3-4,12-18,20H2. The lowest BCUT2D eigenvalue weighted by Gasteiger charge is -2.34. The molecule has 5 heteroatoms. The Morgan fingerprint density at radius 3 is 2.48 bits per heavy atom. The Morgan fingerprint density at radius 1 is 1.00 bits per heavy atom. The third kappa shape index (κ3) is 4.57. The second-order valence-electron chi connectivity index (χ2n) is 9.77. The molecule has 5 rings (SSSR count). The van der Waals surface area contributed by atoms with Crippen molar-refractivity contribution in [2.75, 3.05) is 32.7 Å². The van der Waals surface area contributed by atoms with Crippen LogP contribution in [0.4, 0.5) is 0 Å². The van der Waals surface area contributed by atoms with Gasteiger partial charge in [0.25, 0.3) is 5.91 Å². The Hall–Kier alpha value is -2.63. The second-order valence-corrected chi connectivity index (χ2v) is 9.77. The van der Waals surface area contributed by atoms with Crippen LogP contribution in [0.3, 0.4) is 0 Å². The van der Waals surface area contributed by atoms with Gasteiger partial charge in [-0.25, -0.2) is 0 Å². The summed E-state index contributed by atoms with van der Waals surface area (Å²) in [6, 6.07) is 17.1. The summed E-state index contributed by atoms with van der Waals surface area (Å²) >= 11 is 0. The van der Waals surface area contributed by atoms with Crippen molar-refractivity contribution in [2.45, 2.75) is 50.2 Å². The molecule has 3 unspecified atom stereocenters. The molecule has 3 aliphatic heterocycles. The number of amides is 1. The maximum absolute atomic E-state index is 12.8. The van der Waals surface area contributed by atoms with Gasteiger partial charge in [-0.3, -0.25) is 14.6 Å². The topological polar surface area (TPSA) is 47.0 Å². The van der Waals surface area contributed by atoms with E-state index in [1.807, 2.05) is 35.2 Å². The van der Waals surface area contributed by atoms with E-state index in [1.165, 1.54) is 18.4 Å². The molecule has 0 spiro atoms. The van der Waals surface area contributed by atoms with E-state index in [0.29, 0.717) is 17.8 Å². The molecule has 2 bridgehead atoms. The van der Waals surface area contributed by atoms with Crippen LogP contribution >= 0.6 is 0 Å². The molecule has 5 nitrogen and oxygen atoms in total. The van der Waals surface area contributed by atoms with Crippen LogP contribution < -0.4 is 0 Å². The zero-order valence-corrected chi connectivity index (χ0v) is 19.4. The lowest BCUT2D eigenvalue weighted by molar-refractivity contribution is 0.0793. The SMILES string of the molecule is C=CCN1C2CCC1CN(C(c1ccc(C(=O)N3CCCC3)cc1)c1cccc(O)c1)CC2. The molecular weight excluding hydrogens is 410 g/mol. The number of aromatic hydroxyl groups is 1. The van der Waals surface area contributed by atoms with E-state index in [0.717, 1.165) is 63.1 Å². The van der Waals surface area contributed by atoms with Gasteiger partial charge in [-0.1, -0.05) is 30.3 Å². The summed E-state index contributed by atoms with van der Waals surface area (Å²) in [5.41, 5.74) is 3.04. The fraction of sp³-hybridized carbons (Fsp3) is 0.464. The van der Waals surface area contributed by atoms with Crippen molar-refractivity contribution < 1.29 is 9.90 Å². The summed E-state index contributed by atoms with van der Waals surface area (Å²) in [7, 11) is 0. The van der Waals surface area contributed by atoms with Gasteiger partial charge >= 0.3 is 0 Å². The largest absolute Gasteiger partial charge is 0.508 e. The van der Waals surface area contributed by atoms with Crippen LogP contribution in [-0.2, 0) is 0 Å². The monoisotopic (exact) mass is 445 g/mol. The number of hydrogen-bond donors (Lipinski definition) is 1. The van der Waals surface area contributed by atoms with Crippen molar-refractivity contribution in [3.05, 3.63) is 77.9 Å². The number of carbonyl (C=O) groups is 1. The molecule has 174 valence electrons. The fourth-order valence-corrected chi connectivity index (χ4v) is 6.10. The first-order chi connectivity index (χ1) is 16.1. The number of fused-ring (bicyclic) bond motifs is 2. The summed E-state index contributed by atoms with van der Waals surface area (Å²) in [4.78, 5) is 20.0. The van der Waals surface area contributed by atoms with Crippen molar-refractivity contribution in [1.82, 2.24) is 14.7 Å². The molecule has 3 aliphatic rings. The van der Waals surface area contributed by atoms with Gasteiger partial charge in [0.2, 0.25) is 0 Å². The lowest BCUT2D eigenvalue weighted by atomic mass is 9.94. The first-order valence-corrected chi connectivity index (χ1v) is 12.4. The minimum Gasteiger partial charge on any atom is -0.508 e. The van der Waals surface area contributed by atoms with E-state index in [9.17, 15) is 9.90 Å². The Labute approximate surface area is 197 Å². The third-order valence-corrected chi connectivity index (χ3v) is 7.72. The van der Waals surface area contributed by atoms with Gasteiger partial charge in [0.15, 0.2) is 0 Å². The van der Waals surface area contributed by atoms with Crippen molar-refractivity contribution >= 4 is 5.91 Å². The first kappa shape index (κ1) is 22.2. The first-order valence-electron chi connectivity index (χ1n) is 12.4. The summed E-state index contributed by atoms with van der Waals surface area (Å²) in [6.07, 6.45) is 7.88. The maximum Gasteiger partial charge on any atom is 0.253 e. The lowest BCUT2D eigenvalue weighted by Crippen LogP contribution is -2.40. The van der Waals surface area contributed by atoms with Gasteiger partial charge in [-0.2, -0.15) is 0 Å². The minimum atomic E-state index is 0.0537. The molecule has 0 radical (unpaired) electrons. The second kappa shape index (κ2) is 9.70. The molecule has 3 saturated heterocycles. The maximum atomic E-state index is 12.8. The minimum absolute atomic E-state index is 0.0537. The Kier molecular flexibility index (Phi) is 6.52. The quantitative estimate of drug-likeness (QED) is 0.668. The predicted octanol–water partition coefficient (Wildman–Crippen LogP) is 4.44. The van der Waals surface area contributed by atoms with E-state index in [4.69, 9.17) is 0 Å². The number of rotatable bonds is 6. The summed E-state index contributed by atoms with van der Waals surface area (Å²) in [6.45, 7) is 8.68. The van der Waals surface area contributed by atoms with Crippen molar-refractivity contribution in [2.24, 2.45) is 0 Å². The molecule has 2 aromatic carbocycles. The molecule has 3 atom stereocenters. The molecule has 1 N–H and O–H groups in total. The third-order valence-electron chi connectivity index (χ3n) is 7.72. The number of carbonyl (C=O) groups excluding carboxylic acids is 1. The van der Waals surface area contributed by atoms with E-state index < -0.39 is 0 Å². The van der Waals surface area contributed by atoms with Crippen LogP contribution in [-0.4, -0.2) is 70.5 Å². The number of phenolic OH excluding ortho intramolecular Hbond substituents is 1. The average molecular weight is 446 g/mol. The van der Waals surface area contributed by atoms with Crippen LogP contribution in [0.1, 0.15) is 59.6 Å². The van der Waals surface area contributed by atoms with Gasteiger partial charge in [0, 0.05) is 50.4 Å². The molecule has 1 amide bonds. The number of likely N-dealkylation sites (tertiary alicyclic amines) is 2. The molecule has 0 aliphatic carbocycles.